The second kappa shape index (κ2) is 8.65. The number of nitrogens with zero attached hydrogens (tertiary/aromatic N) is 4. The SMILES string of the molecule is COc1cc2nc(C)nc(NC(C)c3ccc(-n4ccc(CCO)n4)o3)c2cc1OC. The number of rotatable bonds is 8. The van der Waals surface area contributed by atoms with Crippen molar-refractivity contribution in [2.24, 2.45) is 0 Å². The maximum atomic E-state index is 9.07. The first kappa shape index (κ1) is 20.7. The fourth-order valence-corrected chi connectivity index (χ4v) is 3.39. The van der Waals surface area contributed by atoms with E-state index in [-0.39, 0.29) is 12.6 Å². The van der Waals surface area contributed by atoms with Gasteiger partial charge in [-0.2, -0.15) is 5.10 Å². The molecule has 1 unspecified atom stereocenters. The number of aromatic nitrogens is 4. The minimum absolute atomic E-state index is 0.0599. The van der Waals surface area contributed by atoms with Crippen LogP contribution in [0.4, 0.5) is 5.82 Å². The number of hydrogen-bond donors (Lipinski definition) is 2. The number of nitrogens with one attached hydrogen (secondary N) is 1. The Kier molecular flexibility index (Phi) is 5.77. The molecular formula is C22H25N5O4. The average Bonchev–Trinajstić information content (AvgIpc) is 3.42. The Balaban J connectivity index is 1.62. The molecule has 0 aliphatic rings. The predicted molar refractivity (Wildman–Crippen MR) is 116 cm³/mol. The van der Waals surface area contributed by atoms with E-state index in [9.17, 15) is 0 Å². The molecule has 9 nitrogen and oxygen atoms in total. The first-order chi connectivity index (χ1) is 15.0. The molecular weight excluding hydrogens is 398 g/mol. The third-order valence-electron chi connectivity index (χ3n) is 4.94. The largest absolute Gasteiger partial charge is 0.493 e. The van der Waals surface area contributed by atoms with Crippen LogP contribution in [-0.2, 0) is 6.42 Å². The summed E-state index contributed by atoms with van der Waals surface area (Å²) < 4.78 is 18.5. The summed E-state index contributed by atoms with van der Waals surface area (Å²) in [6, 6.07) is 9.17. The molecule has 1 atom stereocenters. The highest BCUT2D eigenvalue weighted by atomic mass is 16.5. The molecule has 0 saturated heterocycles. The molecule has 4 rings (SSSR count). The van der Waals surface area contributed by atoms with Crippen LogP contribution >= 0.6 is 0 Å². The monoisotopic (exact) mass is 423 g/mol. The highest BCUT2D eigenvalue weighted by Gasteiger charge is 2.17. The van der Waals surface area contributed by atoms with Crippen molar-refractivity contribution in [3.05, 3.63) is 53.8 Å². The second-order valence-electron chi connectivity index (χ2n) is 7.11. The molecule has 3 aromatic heterocycles. The van der Waals surface area contributed by atoms with Crippen molar-refractivity contribution in [1.29, 1.82) is 0 Å². The van der Waals surface area contributed by atoms with Crippen LogP contribution in [0.2, 0.25) is 0 Å². The van der Waals surface area contributed by atoms with Crippen LogP contribution < -0.4 is 14.8 Å². The van der Waals surface area contributed by atoms with Gasteiger partial charge in [-0.1, -0.05) is 0 Å². The lowest BCUT2D eigenvalue weighted by molar-refractivity contribution is 0.298. The van der Waals surface area contributed by atoms with E-state index in [4.69, 9.17) is 19.0 Å². The van der Waals surface area contributed by atoms with Gasteiger partial charge >= 0.3 is 0 Å². The summed E-state index contributed by atoms with van der Waals surface area (Å²) in [4.78, 5) is 9.11. The molecule has 0 amide bonds. The summed E-state index contributed by atoms with van der Waals surface area (Å²) >= 11 is 0. The van der Waals surface area contributed by atoms with E-state index in [1.165, 1.54) is 0 Å². The van der Waals surface area contributed by atoms with Gasteiger partial charge in [-0.15, -0.1) is 0 Å². The first-order valence-corrected chi connectivity index (χ1v) is 9.94. The first-order valence-electron chi connectivity index (χ1n) is 9.94. The minimum Gasteiger partial charge on any atom is -0.493 e. The lowest BCUT2D eigenvalue weighted by Crippen LogP contribution is -2.09. The number of benzene rings is 1. The number of methoxy groups -OCH3 is 2. The van der Waals surface area contributed by atoms with Crippen molar-refractivity contribution in [3.63, 3.8) is 0 Å². The van der Waals surface area contributed by atoms with E-state index in [1.54, 1.807) is 18.9 Å². The Morgan fingerprint density at radius 1 is 1.13 bits per heavy atom. The number of anilines is 1. The van der Waals surface area contributed by atoms with Gasteiger partial charge in [0, 0.05) is 36.7 Å². The smallest absolute Gasteiger partial charge is 0.220 e. The molecule has 0 saturated carbocycles. The van der Waals surface area contributed by atoms with Crippen molar-refractivity contribution < 1.29 is 19.0 Å². The molecule has 0 aliphatic heterocycles. The standard InChI is InChI=1S/C22H25N5O4/c1-13(18-5-6-21(31-18)27-9-7-15(26-27)8-10-28)23-22-16-11-19(29-3)20(30-4)12-17(16)24-14(2)25-22/h5-7,9,11-13,28H,8,10H2,1-4H3,(H,23,24,25). The summed E-state index contributed by atoms with van der Waals surface area (Å²) in [7, 11) is 3.19. The van der Waals surface area contributed by atoms with Gasteiger partial charge in [0.1, 0.15) is 17.4 Å². The number of ether oxygens (including phenoxy) is 2. The molecule has 0 fully saturated rings. The molecule has 0 bridgehead atoms. The van der Waals surface area contributed by atoms with Crippen molar-refractivity contribution >= 4 is 16.7 Å². The van der Waals surface area contributed by atoms with Gasteiger partial charge in [0.05, 0.1) is 31.5 Å². The molecule has 0 spiro atoms. The maximum Gasteiger partial charge on any atom is 0.220 e. The molecule has 3 heterocycles. The number of aliphatic hydroxyl groups is 1. The van der Waals surface area contributed by atoms with E-state index < -0.39 is 0 Å². The summed E-state index contributed by atoms with van der Waals surface area (Å²) in [6.45, 7) is 3.90. The van der Waals surface area contributed by atoms with E-state index in [1.807, 2.05) is 50.4 Å². The van der Waals surface area contributed by atoms with Crippen LogP contribution in [0.3, 0.4) is 0 Å². The molecule has 31 heavy (non-hydrogen) atoms. The van der Waals surface area contributed by atoms with Gasteiger partial charge in [0.15, 0.2) is 11.5 Å². The van der Waals surface area contributed by atoms with Crippen molar-refractivity contribution in [3.8, 4) is 17.4 Å². The Morgan fingerprint density at radius 3 is 2.65 bits per heavy atom. The maximum absolute atomic E-state index is 9.07. The summed E-state index contributed by atoms with van der Waals surface area (Å²) in [5.41, 5.74) is 1.56. The number of aryl methyl sites for hydroxylation is 1. The third kappa shape index (κ3) is 4.17. The lowest BCUT2D eigenvalue weighted by atomic mass is 10.2. The van der Waals surface area contributed by atoms with Crippen LogP contribution in [0, 0.1) is 6.92 Å². The minimum atomic E-state index is -0.160. The molecule has 1 aromatic carbocycles. The molecule has 0 aliphatic carbocycles. The second-order valence-corrected chi connectivity index (χ2v) is 7.11. The molecule has 4 aromatic rings. The van der Waals surface area contributed by atoms with Gasteiger partial charge in [-0.25, -0.2) is 14.6 Å². The Hall–Kier alpha value is -3.59. The fraction of sp³-hybridized carbons (Fsp3) is 0.318. The van der Waals surface area contributed by atoms with Crippen LogP contribution in [0.15, 0.2) is 40.9 Å². The van der Waals surface area contributed by atoms with Crippen LogP contribution in [0.1, 0.15) is 30.2 Å². The van der Waals surface area contributed by atoms with E-state index in [0.717, 1.165) is 22.4 Å². The predicted octanol–water partition coefficient (Wildman–Crippen LogP) is 3.44. The van der Waals surface area contributed by atoms with Crippen LogP contribution in [0.25, 0.3) is 16.8 Å². The summed E-state index contributed by atoms with van der Waals surface area (Å²) in [5.74, 6) is 3.88. The van der Waals surface area contributed by atoms with Crippen molar-refractivity contribution in [2.45, 2.75) is 26.3 Å². The van der Waals surface area contributed by atoms with E-state index in [0.29, 0.717) is 35.4 Å². The normalized spacial score (nSPS) is 12.2. The lowest BCUT2D eigenvalue weighted by Gasteiger charge is -2.16. The van der Waals surface area contributed by atoms with E-state index in [2.05, 4.69) is 20.4 Å². The average molecular weight is 423 g/mol. The third-order valence-corrected chi connectivity index (χ3v) is 4.94. The topological polar surface area (TPSA) is 107 Å². The highest BCUT2D eigenvalue weighted by Crippen LogP contribution is 2.35. The summed E-state index contributed by atoms with van der Waals surface area (Å²) in [6.07, 6.45) is 2.32. The van der Waals surface area contributed by atoms with Crippen molar-refractivity contribution in [1.82, 2.24) is 19.7 Å². The van der Waals surface area contributed by atoms with Crippen LogP contribution in [-0.4, -0.2) is 45.7 Å². The van der Waals surface area contributed by atoms with Gasteiger partial charge < -0.3 is 24.3 Å². The quantitative estimate of drug-likeness (QED) is 0.444. The Morgan fingerprint density at radius 2 is 1.90 bits per heavy atom. The fourth-order valence-electron chi connectivity index (χ4n) is 3.39. The Labute approximate surface area is 179 Å². The number of furan rings is 1. The number of fused-ring (bicyclic) bond motifs is 1. The van der Waals surface area contributed by atoms with Gasteiger partial charge in [0.25, 0.3) is 0 Å². The van der Waals surface area contributed by atoms with Crippen LogP contribution in [0.5, 0.6) is 11.5 Å². The Bertz CT molecular complexity index is 1200. The highest BCUT2D eigenvalue weighted by molar-refractivity contribution is 5.92. The number of aliphatic hydroxyl groups excluding tert-OH is 1. The zero-order valence-electron chi connectivity index (χ0n) is 17.9. The van der Waals surface area contributed by atoms with Gasteiger partial charge in [0.2, 0.25) is 5.88 Å². The van der Waals surface area contributed by atoms with Crippen molar-refractivity contribution in [2.75, 3.05) is 26.1 Å². The van der Waals surface area contributed by atoms with Gasteiger partial charge in [-0.05, 0) is 32.0 Å². The molecule has 2 N–H and O–H groups in total. The molecule has 162 valence electrons. The zero-order valence-corrected chi connectivity index (χ0v) is 17.9. The summed E-state index contributed by atoms with van der Waals surface area (Å²) in [5, 5.41) is 17.7. The zero-order chi connectivity index (χ0) is 22.0. The molecule has 9 heteroatoms. The van der Waals surface area contributed by atoms with E-state index >= 15 is 0 Å². The molecule has 0 radical (unpaired) electrons. The number of hydrogen-bond acceptors (Lipinski definition) is 8. The van der Waals surface area contributed by atoms with Gasteiger partial charge in [-0.3, -0.25) is 0 Å².